The maximum Gasteiger partial charge on any atom is 0.259 e. The Morgan fingerprint density at radius 1 is 1.27 bits per heavy atom. The molecule has 0 saturated carbocycles. The zero-order chi connectivity index (χ0) is 21.1. The molecule has 0 spiro atoms. The van der Waals surface area contributed by atoms with Crippen LogP contribution in [0.4, 0.5) is 5.82 Å². The van der Waals surface area contributed by atoms with Gasteiger partial charge in [-0.05, 0) is 58.0 Å². The molecular weight excluding hydrogens is 378 g/mol. The molecule has 7 nitrogen and oxygen atoms in total. The average Bonchev–Trinajstić information content (AvgIpc) is 3.08. The fraction of sp³-hybridized carbons (Fsp3) is 0.348. The second-order valence-corrected chi connectivity index (χ2v) is 7.86. The number of hydrogen-bond acceptors (Lipinski definition) is 5. The van der Waals surface area contributed by atoms with E-state index in [0.29, 0.717) is 23.9 Å². The van der Waals surface area contributed by atoms with Gasteiger partial charge >= 0.3 is 0 Å². The van der Waals surface area contributed by atoms with E-state index >= 15 is 0 Å². The van der Waals surface area contributed by atoms with Crippen LogP contribution in [0.2, 0.25) is 0 Å². The number of hydrogen-bond donors (Lipinski definition) is 2. The standard InChI is InChI=1S/C23H27N5O2/c1-15(28(2)3)14-30-20-11-5-10-19(26-20)27-23(29)17-13-25-18-9-4-7-16-8-6-12-24-22(16)21(17)18/h5-6,8,10-13,15,25H,4,7,9,14H2,1-3H3,(H,26,27,29). The second kappa shape index (κ2) is 8.67. The van der Waals surface area contributed by atoms with Gasteiger partial charge in [-0.2, -0.15) is 4.98 Å². The molecule has 1 unspecified atom stereocenters. The highest BCUT2D eigenvalue weighted by molar-refractivity contribution is 6.08. The van der Waals surface area contributed by atoms with Gasteiger partial charge in [0.15, 0.2) is 0 Å². The third-order valence-corrected chi connectivity index (χ3v) is 5.53. The average molecular weight is 406 g/mol. The minimum Gasteiger partial charge on any atom is -0.476 e. The number of carbonyl (C=O) groups excluding carboxylic acids is 1. The van der Waals surface area contributed by atoms with Gasteiger partial charge < -0.3 is 19.9 Å². The summed E-state index contributed by atoms with van der Waals surface area (Å²) in [4.78, 5) is 27.4. The van der Waals surface area contributed by atoms with E-state index in [0.717, 1.165) is 36.2 Å². The van der Waals surface area contributed by atoms with Gasteiger partial charge in [0.05, 0.1) is 11.3 Å². The highest BCUT2D eigenvalue weighted by atomic mass is 16.5. The first-order valence-electron chi connectivity index (χ1n) is 10.2. The number of rotatable bonds is 6. The number of nitrogens with one attached hydrogen (secondary N) is 2. The lowest BCUT2D eigenvalue weighted by Crippen LogP contribution is -2.30. The Labute approximate surface area is 176 Å². The minimum atomic E-state index is -0.211. The molecule has 0 aromatic carbocycles. The molecule has 1 atom stereocenters. The highest BCUT2D eigenvalue weighted by Crippen LogP contribution is 2.33. The molecular formula is C23H27N5O2. The van der Waals surface area contributed by atoms with Crippen molar-refractivity contribution in [2.45, 2.75) is 32.2 Å². The summed E-state index contributed by atoms with van der Waals surface area (Å²) in [6.45, 7) is 2.60. The van der Waals surface area contributed by atoms with Crippen molar-refractivity contribution in [3.63, 3.8) is 0 Å². The van der Waals surface area contributed by atoms with E-state index in [-0.39, 0.29) is 11.9 Å². The molecule has 0 fully saturated rings. The molecule has 3 aromatic rings. The molecule has 1 amide bonds. The van der Waals surface area contributed by atoms with E-state index < -0.39 is 0 Å². The molecule has 4 rings (SSSR count). The molecule has 7 heteroatoms. The van der Waals surface area contributed by atoms with Gasteiger partial charge in [0.1, 0.15) is 12.4 Å². The summed E-state index contributed by atoms with van der Waals surface area (Å²) in [5, 5.41) is 2.91. The van der Waals surface area contributed by atoms with Crippen molar-refractivity contribution in [1.82, 2.24) is 19.9 Å². The van der Waals surface area contributed by atoms with E-state index in [4.69, 9.17) is 4.74 Å². The van der Waals surface area contributed by atoms with Crippen molar-refractivity contribution in [2.24, 2.45) is 0 Å². The van der Waals surface area contributed by atoms with Crippen molar-refractivity contribution in [2.75, 3.05) is 26.0 Å². The largest absolute Gasteiger partial charge is 0.476 e. The molecule has 3 heterocycles. The number of carbonyl (C=O) groups is 1. The number of fused-ring (bicyclic) bond motifs is 3. The number of amides is 1. The monoisotopic (exact) mass is 405 g/mol. The normalized spacial score (nSPS) is 13.9. The lowest BCUT2D eigenvalue weighted by atomic mass is 10.0. The summed E-state index contributed by atoms with van der Waals surface area (Å²) in [5.74, 6) is 0.735. The smallest absolute Gasteiger partial charge is 0.259 e. The Kier molecular flexibility index (Phi) is 5.81. The molecule has 0 saturated heterocycles. The second-order valence-electron chi connectivity index (χ2n) is 7.86. The van der Waals surface area contributed by atoms with E-state index in [1.165, 1.54) is 5.56 Å². The van der Waals surface area contributed by atoms with Crippen LogP contribution in [-0.4, -0.2) is 52.5 Å². The first-order valence-corrected chi connectivity index (χ1v) is 10.2. The van der Waals surface area contributed by atoms with Gasteiger partial charge in [0, 0.05) is 35.8 Å². The van der Waals surface area contributed by atoms with Crippen LogP contribution in [0.3, 0.4) is 0 Å². The maximum absolute atomic E-state index is 13.1. The molecule has 2 N–H and O–H groups in total. The van der Waals surface area contributed by atoms with Gasteiger partial charge in [-0.1, -0.05) is 12.1 Å². The lowest BCUT2D eigenvalue weighted by molar-refractivity contribution is 0.102. The Bertz CT molecular complexity index is 1040. The quantitative estimate of drug-likeness (QED) is 0.655. The Balaban J connectivity index is 1.54. The predicted octanol–water partition coefficient (Wildman–Crippen LogP) is 3.54. The van der Waals surface area contributed by atoms with Crippen LogP contribution < -0.4 is 10.1 Å². The minimum absolute atomic E-state index is 0.211. The van der Waals surface area contributed by atoms with E-state index in [9.17, 15) is 4.79 Å². The molecule has 1 aliphatic carbocycles. The van der Waals surface area contributed by atoms with Crippen LogP contribution in [0.5, 0.6) is 5.88 Å². The maximum atomic E-state index is 13.1. The van der Waals surface area contributed by atoms with Crippen molar-refractivity contribution in [3.8, 4) is 17.1 Å². The SMILES string of the molecule is CC(COc1cccc(NC(=O)c2c[nH]c3c2-c2ncccc2CCC3)n1)N(C)C. The van der Waals surface area contributed by atoms with Crippen LogP contribution >= 0.6 is 0 Å². The summed E-state index contributed by atoms with van der Waals surface area (Å²) >= 11 is 0. The Morgan fingerprint density at radius 2 is 2.13 bits per heavy atom. The first kappa shape index (κ1) is 20.1. The number of aromatic amines is 1. The number of nitrogens with zero attached hydrogens (tertiary/aromatic N) is 3. The van der Waals surface area contributed by atoms with Crippen LogP contribution in [0.25, 0.3) is 11.3 Å². The molecule has 0 radical (unpaired) electrons. The lowest BCUT2D eigenvalue weighted by Gasteiger charge is -2.19. The Hall–Kier alpha value is -3.19. The number of anilines is 1. The van der Waals surface area contributed by atoms with Crippen molar-refractivity contribution >= 4 is 11.7 Å². The fourth-order valence-corrected chi connectivity index (χ4v) is 3.54. The fourth-order valence-electron chi connectivity index (χ4n) is 3.54. The topological polar surface area (TPSA) is 83.1 Å². The summed E-state index contributed by atoms with van der Waals surface area (Å²) in [7, 11) is 4.01. The summed E-state index contributed by atoms with van der Waals surface area (Å²) in [5.41, 5.74) is 4.60. The van der Waals surface area contributed by atoms with Gasteiger partial charge in [0.25, 0.3) is 5.91 Å². The molecule has 0 bridgehead atoms. The number of aryl methyl sites for hydroxylation is 2. The summed E-state index contributed by atoms with van der Waals surface area (Å²) < 4.78 is 5.78. The number of H-pyrrole nitrogens is 1. The first-order chi connectivity index (χ1) is 14.5. The van der Waals surface area contributed by atoms with Crippen LogP contribution in [-0.2, 0) is 12.8 Å². The predicted molar refractivity (Wildman–Crippen MR) is 117 cm³/mol. The third-order valence-electron chi connectivity index (χ3n) is 5.53. The van der Waals surface area contributed by atoms with E-state index in [1.807, 2.05) is 26.2 Å². The van der Waals surface area contributed by atoms with Crippen molar-refractivity contribution in [3.05, 3.63) is 59.5 Å². The van der Waals surface area contributed by atoms with Gasteiger partial charge in [-0.25, -0.2) is 0 Å². The zero-order valence-electron chi connectivity index (χ0n) is 17.6. The molecule has 1 aliphatic rings. The number of ether oxygens (including phenoxy) is 1. The molecule has 3 aromatic heterocycles. The molecule has 156 valence electrons. The van der Waals surface area contributed by atoms with Crippen LogP contribution in [0.15, 0.2) is 42.7 Å². The zero-order valence-corrected chi connectivity index (χ0v) is 17.6. The van der Waals surface area contributed by atoms with Crippen LogP contribution in [0.1, 0.15) is 35.0 Å². The molecule has 0 aliphatic heterocycles. The summed E-state index contributed by atoms with van der Waals surface area (Å²) in [6.07, 6.45) is 6.42. The highest BCUT2D eigenvalue weighted by Gasteiger charge is 2.24. The van der Waals surface area contributed by atoms with Crippen molar-refractivity contribution in [1.29, 1.82) is 0 Å². The molecule has 30 heavy (non-hydrogen) atoms. The van der Waals surface area contributed by atoms with E-state index in [2.05, 4.69) is 38.2 Å². The van der Waals surface area contributed by atoms with Crippen LogP contribution in [0, 0.1) is 0 Å². The van der Waals surface area contributed by atoms with Crippen molar-refractivity contribution < 1.29 is 9.53 Å². The number of likely N-dealkylation sites (N-methyl/N-ethyl adjacent to an activating group) is 1. The van der Waals surface area contributed by atoms with E-state index in [1.54, 1.807) is 24.5 Å². The van der Waals surface area contributed by atoms with Gasteiger partial charge in [-0.3, -0.25) is 9.78 Å². The summed E-state index contributed by atoms with van der Waals surface area (Å²) in [6, 6.07) is 9.67. The third kappa shape index (κ3) is 4.21. The Morgan fingerprint density at radius 3 is 2.97 bits per heavy atom. The van der Waals surface area contributed by atoms with Gasteiger partial charge in [-0.15, -0.1) is 0 Å². The number of pyridine rings is 2. The van der Waals surface area contributed by atoms with Gasteiger partial charge in [0.2, 0.25) is 5.88 Å². The number of aromatic nitrogens is 3.